The first-order valence-corrected chi connectivity index (χ1v) is 9.77. The highest BCUT2D eigenvalue weighted by Gasteiger charge is 2.33. The molecular weight excluding hydrogens is 377 g/mol. The van der Waals surface area contributed by atoms with Crippen LogP contribution in [0.1, 0.15) is 58.8 Å². The van der Waals surface area contributed by atoms with Crippen molar-refractivity contribution < 1.29 is 18.0 Å². The van der Waals surface area contributed by atoms with Gasteiger partial charge < -0.3 is 4.90 Å². The van der Waals surface area contributed by atoms with Crippen LogP contribution in [0.15, 0.2) is 41.4 Å². The zero-order valence-corrected chi connectivity index (χ0v) is 16.9. The molecule has 0 saturated heterocycles. The number of halogens is 3. The Morgan fingerprint density at radius 3 is 2.48 bits per heavy atom. The normalized spacial score (nSPS) is 14.8. The van der Waals surface area contributed by atoms with Gasteiger partial charge in [-0.3, -0.25) is 9.79 Å². The summed E-state index contributed by atoms with van der Waals surface area (Å²) in [5.41, 5.74) is 2.90. The molecule has 154 valence electrons. The van der Waals surface area contributed by atoms with Gasteiger partial charge in [0.05, 0.1) is 11.3 Å². The fraction of sp³-hybridized carbons (Fsp3) is 0.391. The van der Waals surface area contributed by atoms with Gasteiger partial charge >= 0.3 is 6.18 Å². The van der Waals surface area contributed by atoms with Crippen molar-refractivity contribution in [3.8, 4) is 0 Å². The predicted octanol–water partition coefficient (Wildman–Crippen LogP) is 6.24. The second-order valence-corrected chi connectivity index (χ2v) is 7.56. The van der Waals surface area contributed by atoms with Crippen LogP contribution in [0.2, 0.25) is 0 Å². The average Bonchev–Trinajstić information content (AvgIpc) is 2.61. The molecule has 6 heteroatoms. The number of amides is 1. The topological polar surface area (TPSA) is 32.7 Å². The van der Waals surface area contributed by atoms with Crippen LogP contribution in [0, 0.1) is 13.8 Å². The lowest BCUT2D eigenvalue weighted by atomic mass is 9.90. The van der Waals surface area contributed by atoms with Crippen molar-refractivity contribution in [1.82, 2.24) is 4.90 Å². The fourth-order valence-electron chi connectivity index (χ4n) is 3.57. The minimum atomic E-state index is -4.40. The summed E-state index contributed by atoms with van der Waals surface area (Å²) >= 11 is 0. The van der Waals surface area contributed by atoms with Gasteiger partial charge in [-0.05, 0) is 81.0 Å². The van der Waals surface area contributed by atoms with Gasteiger partial charge in [0.1, 0.15) is 0 Å². The number of rotatable bonds is 5. The first-order chi connectivity index (χ1) is 13.7. The molecule has 0 bridgehead atoms. The number of hydrogen-bond acceptors (Lipinski definition) is 2. The Morgan fingerprint density at radius 1 is 1.17 bits per heavy atom. The Kier molecular flexibility index (Phi) is 6.10. The first-order valence-electron chi connectivity index (χ1n) is 9.77. The number of alkyl halides is 3. The van der Waals surface area contributed by atoms with Crippen LogP contribution in [0.5, 0.6) is 0 Å². The van der Waals surface area contributed by atoms with Crippen LogP contribution in [0.25, 0.3) is 0 Å². The van der Waals surface area contributed by atoms with Crippen LogP contribution in [0.3, 0.4) is 0 Å². The number of aliphatic imine (C=N–C) groups is 1. The third-order valence-electron chi connectivity index (χ3n) is 5.43. The molecule has 1 aliphatic rings. The van der Waals surface area contributed by atoms with E-state index in [9.17, 15) is 18.0 Å². The van der Waals surface area contributed by atoms with Crippen LogP contribution < -0.4 is 0 Å². The lowest BCUT2D eigenvalue weighted by Gasteiger charge is -2.38. The summed E-state index contributed by atoms with van der Waals surface area (Å²) in [6, 6.07) is 9.00. The minimum Gasteiger partial charge on any atom is -0.331 e. The Morgan fingerprint density at radius 2 is 1.90 bits per heavy atom. The summed E-state index contributed by atoms with van der Waals surface area (Å²) in [7, 11) is 0. The minimum absolute atomic E-state index is 0.0603. The summed E-state index contributed by atoms with van der Waals surface area (Å²) in [5.74, 6) is -0.139. The zero-order valence-electron chi connectivity index (χ0n) is 16.9. The smallest absolute Gasteiger partial charge is 0.331 e. The number of benzene rings is 2. The molecule has 1 aliphatic carbocycles. The van der Waals surface area contributed by atoms with Gasteiger partial charge in [-0.25, -0.2) is 0 Å². The molecule has 1 fully saturated rings. The van der Waals surface area contributed by atoms with Crippen molar-refractivity contribution in [2.75, 3.05) is 0 Å². The van der Waals surface area contributed by atoms with Gasteiger partial charge in [-0.15, -0.1) is 0 Å². The molecule has 2 aromatic carbocycles. The quantitative estimate of drug-likeness (QED) is 0.545. The molecule has 0 unspecified atom stereocenters. The van der Waals surface area contributed by atoms with E-state index in [-0.39, 0.29) is 18.5 Å². The van der Waals surface area contributed by atoms with E-state index in [1.54, 1.807) is 17.2 Å². The van der Waals surface area contributed by atoms with Crippen LogP contribution >= 0.6 is 0 Å². The molecule has 29 heavy (non-hydrogen) atoms. The summed E-state index contributed by atoms with van der Waals surface area (Å²) in [4.78, 5) is 19.4. The molecule has 2 aromatic rings. The van der Waals surface area contributed by atoms with Gasteiger partial charge in [0, 0.05) is 24.4 Å². The maximum absolute atomic E-state index is 13.4. The highest BCUT2D eigenvalue weighted by Crippen LogP contribution is 2.33. The van der Waals surface area contributed by atoms with Gasteiger partial charge in [0.15, 0.2) is 0 Å². The van der Waals surface area contributed by atoms with Crippen molar-refractivity contribution in [2.45, 2.75) is 58.8 Å². The van der Waals surface area contributed by atoms with E-state index in [0.717, 1.165) is 48.2 Å². The molecule has 0 spiro atoms. The summed E-state index contributed by atoms with van der Waals surface area (Å²) in [5, 5.41) is 0. The Bertz CT molecular complexity index is 930. The highest BCUT2D eigenvalue weighted by atomic mass is 19.4. The van der Waals surface area contributed by atoms with Crippen molar-refractivity contribution in [3.63, 3.8) is 0 Å². The Labute approximate surface area is 169 Å². The summed E-state index contributed by atoms with van der Waals surface area (Å²) in [6.45, 7) is 5.77. The van der Waals surface area contributed by atoms with Crippen molar-refractivity contribution in [3.05, 3.63) is 64.2 Å². The molecule has 0 heterocycles. The average molecular weight is 402 g/mol. The third kappa shape index (κ3) is 4.69. The second-order valence-electron chi connectivity index (χ2n) is 7.56. The van der Waals surface area contributed by atoms with Crippen LogP contribution in [-0.4, -0.2) is 23.1 Å². The van der Waals surface area contributed by atoms with E-state index < -0.39 is 11.7 Å². The summed E-state index contributed by atoms with van der Waals surface area (Å²) in [6.07, 6.45) is 0.0866. The highest BCUT2D eigenvalue weighted by molar-refractivity contribution is 5.96. The standard InChI is InChI=1S/C23H25F3N2O/c1-4-27-21-12-15(2)20(11-16(21)3)22(29)28(19-9-6-10-19)14-17-7-5-8-18(13-17)23(24,25)26/h4-5,7-8,11-13,19H,6,9-10,14H2,1-3H3. The van der Waals surface area contributed by atoms with E-state index in [4.69, 9.17) is 0 Å². The van der Waals surface area contributed by atoms with Crippen molar-refractivity contribution in [1.29, 1.82) is 0 Å². The molecule has 0 radical (unpaired) electrons. The molecule has 0 N–H and O–H groups in total. The number of nitrogens with zero attached hydrogens (tertiary/aromatic N) is 2. The largest absolute Gasteiger partial charge is 0.416 e. The molecule has 1 amide bonds. The monoisotopic (exact) mass is 402 g/mol. The molecule has 3 rings (SSSR count). The lowest BCUT2D eigenvalue weighted by Crippen LogP contribution is -2.44. The Balaban J connectivity index is 1.92. The van der Waals surface area contributed by atoms with Crippen molar-refractivity contribution >= 4 is 17.8 Å². The maximum atomic E-state index is 13.4. The number of aryl methyl sites for hydroxylation is 2. The number of carbonyl (C=O) groups excluding carboxylic acids is 1. The van der Waals surface area contributed by atoms with Crippen LogP contribution in [0.4, 0.5) is 18.9 Å². The molecule has 1 saturated carbocycles. The number of carbonyl (C=O) groups is 1. The van der Waals surface area contributed by atoms with Crippen molar-refractivity contribution in [2.24, 2.45) is 4.99 Å². The third-order valence-corrected chi connectivity index (χ3v) is 5.43. The van der Waals surface area contributed by atoms with E-state index in [2.05, 4.69) is 4.99 Å². The molecule has 0 aromatic heterocycles. The fourth-order valence-corrected chi connectivity index (χ4v) is 3.57. The van der Waals surface area contributed by atoms with E-state index in [0.29, 0.717) is 11.1 Å². The molecular formula is C23H25F3N2O. The lowest BCUT2D eigenvalue weighted by molar-refractivity contribution is -0.137. The molecule has 3 nitrogen and oxygen atoms in total. The van der Waals surface area contributed by atoms with E-state index in [1.807, 2.05) is 32.9 Å². The molecule has 0 atom stereocenters. The van der Waals surface area contributed by atoms with E-state index >= 15 is 0 Å². The zero-order chi connectivity index (χ0) is 21.2. The van der Waals surface area contributed by atoms with Gasteiger partial charge in [0.2, 0.25) is 0 Å². The van der Waals surface area contributed by atoms with Gasteiger partial charge in [0.25, 0.3) is 5.91 Å². The van der Waals surface area contributed by atoms with Gasteiger partial charge in [-0.1, -0.05) is 12.1 Å². The van der Waals surface area contributed by atoms with Crippen LogP contribution in [-0.2, 0) is 12.7 Å². The summed E-state index contributed by atoms with van der Waals surface area (Å²) < 4.78 is 39.2. The Hall–Kier alpha value is -2.63. The maximum Gasteiger partial charge on any atom is 0.416 e. The first kappa shape index (κ1) is 21.1. The SMILES string of the molecule is CC=Nc1cc(C)c(C(=O)N(Cc2cccc(C(F)(F)F)c2)C2CCC2)cc1C. The van der Waals surface area contributed by atoms with E-state index in [1.165, 1.54) is 6.07 Å². The second kappa shape index (κ2) is 8.39. The predicted molar refractivity (Wildman–Crippen MR) is 109 cm³/mol. The molecule has 0 aliphatic heterocycles. The van der Waals surface area contributed by atoms with Gasteiger partial charge in [-0.2, -0.15) is 13.2 Å². The number of hydrogen-bond donors (Lipinski definition) is 0.